The van der Waals surface area contributed by atoms with E-state index in [9.17, 15) is 0 Å². The van der Waals surface area contributed by atoms with E-state index in [1.807, 2.05) is 25.1 Å². The second kappa shape index (κ2) is 5.36. The zero-order valence-corrected chi connectivity index (χ0v) is 8.57. The summed E-state index contributed by atoms with van der Waals surface area (Å²) < 4.78 is 0. The number of pyridine rings is 1. The predicted molar refractivity (Wildman–Crippen MR) is 55.5 cm³/mol. The Bertz CT molecular complexity index is 302. The van der Waals surface area contributed by atoms with Crippen molar-refractivity contribution < 1.29 is 0 Å². The van der Waals surface area contributed by atoms with Crippen LogP contribution in [0.25, 0.3) is 0 Å². The van der Waals surface area contributed by atoms with Crippen LogP contribution in [0.3, 0.4) is 0 Å². The third-order valence-electron chi connectivity index (χ3n) is 2.06. The Balaban J connectivity index is 2.51. The van der Waals surface area contributed by atoms with Gasteiger partial charge in [-0.05, 0) is 26.0 Å². The summed E-state index contributed by atoms with van der Waals surface area (Å²) in [6, 6.07) is 8.39. The van der Waals surface area contributed by atoms with Crippen molar-refractivity contribution >= 4 is 0 Å². The summed E-state index contributed by atoms with van der Waals surface area (Å²) in [5.41, 5.74) is 1.01. The third-order valence-corrected chi connectivity index (χ3v) is 2.06. The molecule has 1 unspecified atom stereocenters. The molecule has 3 heteroatoms. The van der Waals surface area contributed by atoms with E-state index in [2.05, 4.69) is 23.3 Å². The summed E-state index contributed by atoms with van der Waals surface area (Å²) in [7, 11) is 0. The van der Waals surface area contributed by atoms with E-state index in [0.717, 1.165) is 5.69 Å². The molecule has 14 heavy (non-hydrogen) atoms. The monoisotopic (exact) mass is 189 g/mol. The van der Waals surface area contributed by atoms with Gasteiger partial charge in [-0.3, -0.25) is 4.98 Å². The number of nitrogens with zero attached hydrogens (tertiary/aromatic N) is 2. The first kappa shape index (κ1) is 10.7. The highest BCUT2D eigenvalue weighted by atomic mass is 15.0. The maximum atomic E-state index is 8.51. The number of hydrogen-bond donors (Lipinski definition) is 1. The van der Waals surface area contributed by atoms with Crippen molar-refractivity contribution in [1.82, 2.24) is 10.3 Å². The van der Waals surface area contributed by atoms with Crippen molar-refractivity contribution in [3.05, 3.63) is 30.1 Å². The molecule has 0 aromatic carbocycles. The van der Waals surface area contributed by atoms with Crippen LogP contribution in [0.1, 0.15) is 32.0 Å². The minimum atomic E-state index is 0.194. The van der Waals surface area contributed by atoms with E-state index in [1.165, 1.54) is 0 Å². The lowest BCUT2D eigenvalue weighted by atomic mass is 10.1. The fourth-order valence-electron chi connectivity index (χ4n) is 1.34. The molecule has 3 nitrogen and oxygen atoms in total. The molecule has 0 amide bonds. The lowest BCUT2D eigenvalue weighted by Crippen LogP contribution is -2.28. The first-order valence-electron chi connectivity index (χ1n) is 4.78. The second-order valence-electron chi connectivity index (χ2n) is 3.41. The van der Waals surface area contributed by atoms with Crippen molar-refractivity contribution in [1.29, 1.82) is 5.26 Å². The van der Waals surface area contributed by atoms with Crippen molar-refractivity contribution in [2.45, 2.75) is 32.4 Å². The van der Waals surface area contributed by atoms with Crippen LogP contribution in [0.5, 0.6) is 0 Å². The van der Waals surface area contributed by atoms with Crippen LogP contribution in [0, 0.1) is 11.3 Å². The van der Waals surface area contributed by atoms with Gasteiger partial charge in [0, 0.05) is 18.3 Å². The SMILES string of the molecule is CC(CC#N)N[C@@H](C)c1ccccn1. The van der Waals surface area contributed by atoms with E-state index in [-0.39, 0.29) is 12.1 Å². The summed E-state index contributed by atoms with van der Waals surface area (Å²) in [6.45, 7) is 4.05. The van der Waals surface area contributed by atoms with E-state index >= 15 is 0 Å². The topological polar surface area (TPSA) is 48.7 Å². The van der Waals surface area contributed by atoms with Crippen LogP contribution in [0.2, 0.25) is 0 Å². The first-order chi connectivity index (χ1) is 6.74. The molecule has 74 valence electrons. The molecular weight excluding hydrogens is 174 g/mol. The first-order valence-corrected chi connectivity index (χ1v) is 4.78. The van der Waals surface area contributed by atoms with Crippen molar-refractivity contribution in [2.75, 3.05) is 0 Å². The van der Waals surface area contributed by atoms with Crippen molar-refractivity contribution in [3.8, 4) is 6.07 Å². The number of rotatable bonds is 4. The van der Waals surface area contributed by atoms with Crippen LogP contribution in [0.15, 0.2) is 24.4 Å². The van der Waals surface area contributed by atoms with Gasteiger partial charge in [0.1, 0.15) is 0 Å². The minimum absolute atomic E-state index is 0.194. The highest BCUT2D eigenvalue weighted by Gasteiger charge is 2.09. The Morgan fingerprint density at radius 3 is 2.86 bits per heavy atom. The summed E-state index contributed by atoms with van der Waals surface area (Å²) >= 11 is 0. The largest absolute Gasteiger partial charge is 0.305 e. The molecule has 1 aromatic rings. The zero-order valence-electron chi connectivity index (χ0n) is 8.57. The average Bonchev–Trinajstić information content (AvgIpc) is 2.19. The smallest absolute Gasteiger partial charge is 0.0638 e. The summed E-state index contributed by atoms with van der Waals surface area (Å²) in [6.07, 6.45) is 2.31. The van der Waals surface area contributed by atoms with Gasteiger partial charge < -0.3 is 5.32 Å². The standard InChI is InChI=1S/C11H15N3/c1-9(6-7-12)14-10(2)11-5-3-4-8-13-11/h3-5,8-10,14H,6H2,1-2H3/t9?,10-/m0/s1. The molecule has 1 rings (SSSR count). The van der Waals surface area contributed by atoms with Crippen LogP contribution >= 0.6 is 0 Å². The quantitative estimate of drug-likeness (QED) is 0.788. The average molecular weight is 189 g/mol. The van der Waals surface area contributed by atoms with Gasteiger partial charge in [0.05, 0.1) is 18.2 Å². The molecule has 0 spiro atoms. The molecule has 2 atom stereocenters. The number of aromatic nitrogens is 1. The van der Waals surface area contributed by atoms with Crippen LogP contribution in [-0.4, -0.2) is 11.0 Å². The molecule has 1 N–H and O–H groups in total. The van der Waals surface area contributed by atoms with E-state index in [4.69, 9.17) is 5.26 Å². The molecule has 0 saturated carbocycles. The second-order valence-corrected chi connectivity index (χ2v) is 3.41. The Kier molecular flexibility index (Phi) is 4.09. The summed E-state index contributed by atoms with van der Waals surface area (Å²) in [4.78, 5) is 4.25. The molecule has 0 saturated heterocycles. The third kappa shape index (κ3) is 3.15. The fraction of sp³-hybridized carbons (Fsp3) is 0.455. The van der Waals surface area contributed by atoms with Crippen LogP contribution < -0.4 is 5.32 Å². The van der Waals surface area contributed by atoms with Crippen molar-refractivity contribution in [2.24, 2.45) is 0 Å². The molecule has 0 bridgehead atoms. The summed E-state index contributed by atoms with van der Waals surface area (Å²) in [5, 5.41) is 11.8. The molecule has 1 aromatic heterocycles. The number of nitrogens with one attached hydrogen (secondary N) is 1. The lowest BCUT2D eigenvalue weighted by Gasteiger charge is -2.17. The number of hydrogen-bond acceptors (Lipinski definition) is 3. The van der Waals surface area contributed by atoms with E-state index < -0.39 is 0 Å². The molecule has 0 fully saturated rings. The fourth-order valence-corrected chi connectivity index (χ4v) is 1.34. The van der Waals surface area contributed by atoms with Gasteiger partial charge >= 0.3 is 0 Å². The van der Waals surface area contributed by atoms with Gasteiger partial charge in [0.2, 0.25) is 0 Å². The Labute approximate surface area is 84.8 Å². The van der Waals surface area contributed by atoms with E-state index in [0.29, 0.717) is 6.42 Å². The zero-order chi connectivity index (χ0) is 10.4. The normalized spacial score (nSPS) is 14.4. The van der Waals surface area contributed by atoms with Gasteiger partial charge in [0.15, 0.2) is 0 Å². The van der Waals surface area contributed by atoms with Gasteiger partial charge in [-0.15, -0.1) is 0 Å². The van der Waals surface area contributed by atoms with Crippen molar-refractivity contribution in [3.63, 3.8) is 0 Å². The molecular formula is C11H15N3. The molecule has 0 aliphatic heterocycles. The van der Waals surface area contributed by atoms with Gasteiger partial charge in [-0.1, -0.05) is 6.07 Å². The summed E-state index contributed by atoms with van der Waals surface area (Å²) in [5.74, 6) is 0. The Morgan fingerprint density at radius 2 is 2.29 bits per heavy atom. The Hall–Kier alpha value is -1.40. The number of nitriles is 1. The molecule has 0 aliphatic rings. The highest BCUT2D eigenvalue weighted by molar-refractivity contribution is 5.07. The molecule has 0 radical (unpaired) electrons. The van der Waals surface area contributed by atoms with Gasteiger partial charge in [-0.25, -0.2) is 0 Å². The highest BCUT2D eigenvalue weighted by Crippen LogP contribution is 2.09. The van der Waals surface area contributed by atoms with Gasteiger partial charge in [-0.2, -0.15) is 5.26 Å². The maximum Gasteiger partial charge on any atom is 0.0638 e. The predicted octanol–water partition coefficient (Wildman–Crippen LogP) is 2.03. The minimum Gasteiger partial charge on any atom is -0.305 e. The molecule has 1 heterocycles. The maximum absolute atomic E-state index is 8.51. The molecule has 0 aliphatic carbocycles. The van der Waals surface area contributed by atoms with E-state index in [1.54, 1.807) is 6.20 Å². The Morgan fingerprint density at radius 1 is 1.50 bits per heavy atom. The van der Waals surface area contributed by atoms with Crippen LogP contribution in [0.4, 0.5) is 0 Å². The van der Waals surface area contributed by atoms with Gasteiger partial charge in [0.25, 0.3) is 0 Å². The lowest BCUT2D eigenvalue weighted by molar-refractivity contribution is 0.477. The van der Waals surface area contributed by atoms with Crippen LogP contribution in [-0.2, 0) is 0 Å².